The first-order valence-electron chi connectivity index (χ1n) is 6.64. The Morgan fingerprint density at radius 3 is 2.75 bits per heavy atom. The minimum Gasteiger partial charge on any atom is -0.497 e. The Balaban J connectivity index is 1.88. The number of hydrogen-bond donors (Lipinski definition) is 2. The summed E-state index contributed by atoms with van der Waals surface area (Å²) in [7, 11) is 1.61. The van der Waals surface area contributed by atoms with Crippen molar-refractivity contribution in [3.05, 3.63) is 29.8 Å². The third-order valence-electron chi connectivity index (χ3n) is 3.94. The van der Waals surface area contributed by atoms with E-state index in [1.807, 2.05) is 29.3 Å². The predicted molar refractivity (Wildman–Crippen MR) is 71.9 cm³/mol. The molecule has 3 rings (SSSR count). The third-order valence-corrected chi connectivity index (χ3v) is 3.94. The van der Waals surface area contributed by atoms with E-state index in [9.17, 15) is 9.59 Å². The molecule has 2 fully saturated rings. The fourth-order valence-electron chi connectivity index (χ4n) is 2.92. The van der Waals surface area contributed by atoms with E-state index in [0.29, 0.717) is 13.1 Å². The summed E-state index contributed by atoms with van der Waals surface area (Å²) in [5, 5.41) is 4.68. The van der Waals surface area contributed by atoms with Crippen LogP contribution in [0, 0.1) is 5.92 Å². The van der Waals surface area contributed by atoms with Crippen LogP contribution in [-0.4, -0.2) is 43.4 Å². The summed E-state index contributed by atoms with van der Waals surface area (Å²) in [6.07, 6.45) is 0.872. The number of benzene rings is 1. The van der Waals surface area contributed by atoms with Gasteiger partial charge in [0.2, 0.25) is 5.91 Å². The van der Waals surface area contributed by atoms with Crippen molar-refractivity contribution in [3.63, 3.8) is 0 Å². The van der Waals surface area contributed by atoms with Gasteiger partial charge in [-0.25, -0.2) is 10.4 Å². The van der Waals surface area contributed by atoms with Crippen LogP contribution in [0.5, 0.6) is 5.75 Å². The van der Waals surface area contributed by atoms with E-state index in [1.165, 1.54) is 0 Å². The second kappa shape index (κ2) is 5.22. The van der Waals surface area contributed by atoms with Gasteiger partial charge in [0.05, 0.1) is 19.1 Å². The number of hydrazine groups is 1. The molecule has 3 unspecified atom stereocenters. The van der Waals surface area contributed by atoms with Crippen molar-refractivity contribution < 1.29 is 14.3 Å². The first-order valence-corrected chi connectivity index (χ1v) is 6.64. The molecule has 3 atom stereocenters. The number of ether oxygens (including phenoxy) is 1. The van der Waals surface area contributed by atoms with E-state index in [1.54, 1.807) is 7.11 Å². The van der Waals surface area contributed by atoms with Gasteiger partial charge in [-0.1, -0.05) is 12.1 Å². The zero-order valence-electron chi connectivity index (χ0n) is 11.2. The molecule has 2 saturated heterocycles. The lowest BCUT2D eigenvalue weighted by molar-refractivity contribution is -0.131. The number of rotatable bonds is 3. The number of carbonyl (C=O) groups is 2. The average Bonchev–Trinajstić information content (AvgIpc) is 2.87. The maximum atomic E-state index is 12.0. The van der Waals surface area contributed by atoms with Crippen LogP contribution in [0.3, 0.4) is 0 Å². The van der Waals surface area contributed by atoms with E-state index in [-0.39, 0.29) is 17.9 Å². The van der Waals surface area contributed by atoms with Crippen LogP contribution >= 0.6 is 0 Å². The smallest absolute Gasteiger partial charge is 0.239 e. The highest BCUT2D eigenvalue weighted by atomic mass is 16.5. The van der Waals surface area contributed by atoms with Crippen LogP contribution in [0.25, 0.3) is 0 Å². The van der Waals surface area contributed by atoms with Crippen LogP contribution in [0.2, 0.25) is 0 Å². The van der Waals surface area contributed by atoms with Gasteiger partial charge in [-0.05, 0) is 17.7 Å². The van der Waals surface area contributed by atoms with Crippen molar-refractivity contribution in [1.29, 1.82) is 0 Å². The Bertz CT molecular complexity index is 517. The first kappa shape index (κ1) is 13.1. The monoisotopic (exact) mass is 275 g/mol. The van der Waals surface area contributed by atoms with Crippen molar-refractivity contribution in [2.75, 3.05) is 20.2 Å². The molecule has 6 nitrogen and oxygen atoms in total. The molecule has 2 aliphatic rings. The normalized spacial score (nSPS) is 29.6. The number of amides is 1. The molecule has 2 heterocycles. The SMILES string of the molecule is COc1ccc(C2NN3CCNC(=O)C3C2C=O)cc1. The second-order valence-electron chi connectivity index (χ2n) is 5.02. The summed E-state index contributed by atoms with van der Waals surface area (Å²) < 4.78 is 5.13. The molecule has 6 heteroatoms. The molecule has 2 N–H and O–H groups in total. The largest absolute Gasteiger partial charge is 0.497 e. The summed E-state index contributed by atoms with van der Waals surface area (Å²) >= 11 is 0. The lowest BCUT2D eigenvalue weighted by Gasteiger charge is -2.29. The highest BCUT2D eigenvalue weighted by Gasteiger charge is 2.47. The molecular weight excluding hydrogens is 258 g/mol. The number of fused-ring (bicyclic) bond motifs is 1. The van der Waals surface area contributed by atoms with Gasteiger partial charge in [-0.2, -0.15) is 0 Å². The summed E-state index contributed by atoms with van der Waals surface area (Å²) in [5.74, 6) is 0.297. The highest BCUT2D eigenvalue weighted by molar-refractivity contribution is 5.86. The predicted octanol–water partition coefficient (Wildman–Crippen LogP) is -0.130. The molecule has 1 aromatic rings. The zero-order chi connectivity index (χ0) is 14.1. The van der Waals surface area contributed by atoms with Gasteiger partial charge in [0.25, 0.3) is 0 Å². The number of aldehydes is 1. The summed E-state index contributed by atoms with van der Waals surface area (Å²) in [4.78, 5) is 23.4. The number of nitrogens with one attached hydrogen (secondary N) is 2. The minimum absolute atomic E-state index is 0.0862. The zero-order valence-corrected chi connectivity index (χ0v) is 11.2. The molecule has 0 bridgehead atoms. The Morgan fingerprint density at radius 2 is 2.10 bits per heavy atom. The number of piperazine rings is 1. The second-order valence-corrected chi connectivity index (χ2v) is 5.02. The fourth-order valence-corrected chi connectivity index (χ4v) is 2.92. The average molecular weight is 275 g/mol. The van der Waals surface area contributed by atoms with Crippen LogP contribution in [0.4, 0.5) is 0 Å². The molecule has 0 spiro atoms. The quantitative estimate of drug-likeness (QED) is 0.752. The number of nitrogens with zero attached hydrogens (tertiary/aromatic N) is 1. The van der Waals surface area contributed by atoms with Crippen molar-refractivity contribution >= 4 is 12.2 Å². The van der Waals surface area contributed by atoms with Gasteiger partial charge in [0.1, 0.15) is 18.1 Å². The van der Waals surface area contributed by atoms with Crippen molar-refractivity contribution in [1.82, 2.24) is 15.8 Å². The van der Waals surface area contributed by atoms with Crippen molar-refractivity contribution in [2.24, 2.45) is 5.92 Å². The summed E-state index contributed by atoms with van der Waals surface area (Å²) in [5.41, 5.74) is 4.26. The minimum atomic E-state index is -0.423. The molecule has 0 radical (unpaired) electrons. The lowest BCUT2D eigenvalue weighted by atomic mass is 9.89. The maximum absolute atomic E-state index is 12.0. The van der Waals surface area contributed by atoms with E-state index in [2.05, 4.69) is 10.7 Å². The van der Waals surface area contributed by atoms with Gasteiger partial charge < -0.3 is 14.8 Å². The molecule has 1 amide bonds. The van der Waals surface area contributed by atoms with E-state index in [0.717, 1.165) is 17.6 Å². The summed E-state index contributed by atoms with van der Waals surface area (Å²) in [6.45, 7) is 1.30. The van der Waals surface area contributed by atoms with Crippen LogP contribution in [-0.2, 0) is 9.59 Å². The number of carbonyl (C=O) groups excluding carboxylic acids is 2. The molecule has 106 valence electrons. The van der Waals surface area contributed by atoms with E-state index in [4.69, 9.17) is 4.74 Å². The van der Waals surface area contributed by atoms with Crippen LogP contribution in [0.15, 0.2) is 24.3 Å². The molecular formula is C14H17N3O3. The maximum Gasteiger partial charge on any atom is 0.239 e. The van der Waals surface area contributed by atoms with Gasteiger partial charge in [0.15, 0.2) is 0 Å². The molecule has 0 saturated carbocycles. The molecule has 2 aliphatic heterocycles. The Kier molecular flexibility index (Phi) is 3.42. The number of hydrogen-bond acceptors (Lipinski definition) is 5. The third kappa shape index (κ3) is 2.07. The van der Waals surface area contributed by atoms with Crippen molar-refractivity contribution in [3.8, 4) is 5.75 Å². The summed E-state index contributed by atoms with van der Waals surface area (Å²) in [6, 6.07) is 6.96. The fraction of sp³-hybridized carbons (Fsp3) is 0.429. The Labute approximate surface area is 117 Å². The van der Waals surface area contributed by atoms with Gasteiger partial charge in [0, 0.05) is 13.1 Å². The molecule has 0 aromatic heterocycles. The first-order chi connectivity index (χ1) is 9.74. The Hall–Kier alpha value is -1.92. The molecule has 1 aromatic carbocycles. The van der Waals surface area contributed by atoms with Crippen LogP contribution in [0.1, 0.15) is 11.6 Å². The van der Waals surface area contributed by atoms with E-state index < -0.39 is 6.04 Å². The highest BCUT2D eigenvalue weighted by Crippen LogP contribution is 2.33. The van der Waals surface area contributed by atoms with Gasteiger partial charge in [-0.3, -0.25) is 4.79 Å². The topological polar surface area (TPSA) is 70.7 Å². The molecule has 0 aliphatic carbocycles. The molecule has 20 heavy (non-hydrogen) atoms. The van der Waals surface area contributed by atoms with Crippen LogP contribution < -0.4 is 15.5 Å². The standard InChI is InChI=1S/C14H17N3O3/c1-20-10-4-2-9(3-5-10)12-11(8-18)13-14(19)15-6-7-17(13)16-12/h2-5,8,11-13,16H,6-7H2,1H3,(H,15,19). The number of methoxy groups -OCH3 is 1. The Morgan fingerprint density at radius 1 is 1.35 bits per heavy atom. The lowest BCUT2D eigenvalue weighted by Crippen LogP contribution is -2.56. The van der Waals surface area contributed by atoms with Gasteiger partial charge in [-0.15, -0.1) is 0 Å². The van der Waals surface area contributed by atoms with Crippen molar-refractivity contribution in [2.45, 2.75) is 12.1 Å². The van der Waals surface area contributed by atoms with Gasteiger partial charge >= 0.3 is 0 Å². The van der Waals surface area contributed by atoms with E-state index >= 15 is 0 Å².